The molecular weight excluding hydrogens is 232 g/mol. The lowest BCUT2D eigenvalue weighted by Gasteiger charge is -2.25. The van der Waals surface area contributed by atoms with Crippen LogP contribution in [0.15, 0.2) is 22.4 Å². The zero-order valence-electron chi connectivity index (χ0n) is 12.6. The van der Waals surface area contributed by atoms with Crippen molar-refractivity contribution in [2.45, 2.75) is 83.8 Å². The van der Waals surface area contributed by atoms with Crippen LogP contribution >= 0.6 is 0 Å². The van der Waals surface area contributed by atoms with E-state index in [2.05, 4.69) is 25.7 Å². The molecule has 0 aromatic heterocycles. The fourth-order valence-electron chi connectivity index (χ4n) is 3.55. The highest BCUT2D eigenvalue weighted by atomic mass is 28.3. The van der Waals surface area contributed by atoms with Crippen LogP contribution in [-0.4, -0.2) is 8.07 Å². The Kier molecular flexibility index (Phi) is 4.88. The summed E-state index contributed by atoms with van der Waals surface area (Å²) in [7, 11) is -1.11. The molecule has 0 atom stereocenters. The second-order valence-electron chi connectivity index (χ2n) is 7.10. The summed E-state index contributed by atoms with van der Waals surface area (Å²) < 4.78 is 0. The molecule has 0 N–H and O–H groups in total. The van der Waals surface area contributed by atoms with Gasteiger partial charge in [-0.2, -0.15) is 0 Å². The fraction of sp³-hybridized carbons (Fsp3) is 0.765. The van der Waals surface area contributed by atoms with Crippen molar-refractivity contribution in [3.8, 4) is 0 Å². The van der Waals surface area contributed by atoms with Crippen molar-refractivity contribution in [2.75, 3.05) is 0 Å². The minimum Gasteiger partial charge on any atom is -0.0811 e. The largest absolute Gasteiger partial charge is 0.0811 e. The maximum absolute atomic E-state index is 2.59. The molecule has 102 valence electrons. The average molecular weight is 263 g/mol. The van der Waals surface area contributed by atoms with Gasteiger partial charge in [-0.25, -0.2) is 0 Å². The van der Waals surface area contributed by atoms with Crippen LogP contribution in [0.2, 0.25) is 19.6 Å². The van der Waals surface area contributed by atoms with Gasteiger partial charge < -0.3 is 0 Å². The van der Waals surface area contributed by atoms with Gasteiger partial charge in [-0.3, -0.25) is 0 Å². The zero-order valence-corrected chi connectivity index (χ0v) is 13.6. The fourth-order valence-corrected chi connectivity index (χ4v) is 5.67. The Labute approximate surface area is 115 Å². The summed E-state index contributed by atoms with van der Waals surface area (Å²) in [4.78, 5) is 0. The molecule has 0 saturated heterocycles. The van der Waals surface area contributed by atoms with E-state index < -0.39 is 8.07 Å². The molecule has 0 aromatic carbocycles. The average Bonchev–Trinajstić information content (AvgIpc) is 2.70. The first kappa shape index (κ1) is 14.1. The lowest BCUT2D eigenvalue weighted by molar-refractivity contribution is 0.699. The van der Waals surface area contributed by atoms with Crippen molar-refractivity contribution in [3.05, 3.63) is 22.4 Å². The maximum Gasteiger partial charge on any atom is 0.0728 e. The Morgan fingerprint density at radius 1 is 0.778 bits per heavy atom. The molecule has 0 unspecified atom stereocenters. The van der Waals surface area contributed by atoms with Gasteiger partial charge >= 0.3 is 0 Å². The summed E-state index contributed by atoms with van der Waals surface area (Å²) in [5.41, 5.74) is 3.58. The number of allylic oxidation sites excluding steroid dienone is 4. The minimum atomic E-state index is -1.11. The van der Waals surface area contributed by atoms with Gasteiger partial charge in [0.25, 0.3) is 0 Å². The summed E-state index contributed by atoms with van der Waals surface area (Å²) in [5.74, 6) is 0. The Morgan fingerprint density at radius 2 is 1.44 bits per heavy atom. The van der Waals surface area contributed by atoms with Crippen LogP contribution in [0.25, 0.3) is 0 Å². The molecule has 0 saturated carbocycles. The Hall–Kier alpha value is -0.303. The summed E-state index contributed by atoms with van der Waals surface area (Å²) in [6.07, 6.45) is 16.7. The van der Waals surface area contributed by atoms with Crippen LogP contribution in [0.5, 0.6) is 0 Å². The van der Waals surface area contributed by atoms with E-state index in [1.54, 1.807) is 5.57 Å². The van der Waals surface area contributed by atoms with Gasteiger partial charge in [-0.05, 0) is 62.5 Å². The lowest BCUT2D eigenvalue weighted by atomic mass is 9.97. The highest BCUT2D eigenvalue weighted by Crippen LogP contribution is 2.37. The van der Waals surface area contributed by atoms with E-state index in [9.17, 15) is 0 Å². The summed E-state index contributed by atoms with van der Waals surface area (Å²) in [6.45, 7) is 7.64. The molecule has 0 radical (unpaired) electrons. The second kappa shape index (κ2) is 6.23. The van der Waals surface area contributed by atoms with Gasteiger partial charge in [0, 0.05) is 0 Å². The van der Waals surface area contributed by atoms with E-state index in [0.717, 1.165) is 0 Å². The van der Waals surface area contributed by atoms with Crippen LogP contribution in [0.1, 0.15) is 64.2 Å². The van der Waals surface area contributed by atoms with Gasteiger partial charge in [0.15, 0.2) is 0 Å². The number of rotatable bonds is 2. The summed E-state index contributed by atoms with van der Waals surface area (Å²) >= 11 is 0. The van der Waals surface area contributed by atoms with E-state index in [1.807, 2.05) is 10.8 Å². The van der Waals surface area contributed by atoms with Crippen molar-refractivity contribution < 1.29 is 0 Å². The molecule has 2 rings (SSSR count). The first-order valence-electron chi connectivity index (χ1n) is 8.01. The van der Waals surface area contributed by atoms with Gasteiger partial charge in [-0.1, -0.05) is 43.8 Å². The van der Waals surface area contributed by atoms with E-state index in [4.69, 9.17) is 0 Å². The molecule has 0 nitrogen and oxygen atoms in total. The van der Waals surface area contributed by atoms with Crippen LogP contribution in [0.4, 0.5) is 0 Å². The van der Waals surface area contributed by atoms with Gasteiger partial charge in [-0.15, -0.1) is 0 Å². The smallest absolute Gasteiger partial charge is 0.0728 e. The molecule has 0 fully saturated rings. The quantitative estimate of drug-likeness (QED) is 0.534. The van der Waals surface area contributed by atoms with Crippen LogP contribution in [0.3, 0.4) is 0 Å². The molecule has 1 heteroatoms. The van der Waals surface area contributed by atoms with Gasteiger partial charge in [0.05, 0.1) is 8.07 Å². The minimum absolute atomic E-state index is 1.11. The predicted molar refractivity (Wildman–Crippen MR) is 84.6 cm³/mol. The third kappa shape index (κ3) is 3.60. The molecule has 18 heavy (non-hydrogen) atoms. The first-order chi connectivity index (χ1) is 8.59. The normalized spacial score (nSPS) is 23.4. The van der Waals surface area contributed by atoms with Gasteiger partial charge in [0.2, 0.25) is 0 Å². The molecule has 2 aliphatic rings. The lowest BCUT2D eigenvalue weighted by Crippen LogP contribution is -2.25. The zero-order chi connectivity index (χ0) is 13.0. The van der Waals surface area contributed by atoms with Gasteiger partial charge in [0.1, 0.15) is 0 Å². The highest BCUT2D eigenvalue weighted by molar-refractivity contribution is 6.83. The summed E-state index contributed by atoms with van der Waals surface area (Å²) in [6, 6.07) is 0. The SMILES string of the molecule is C[Si](C)(C)C1=C(C2=CCCCCC2)CCCCC1. The molecule has 0 heterocycles. The third-order valence-corrected chi connectivity index (χ3v) is 6.91. The van der Waals surface area contributed by atoms with Crippen molar-refractivity contribution in [1.29, 1.82) is 0 Å². The molecule has 0 aliphatic heterocycles. The molecule has 0 bridgehead atoms. The van der Waals surface area contributed by atoms with Crippen molar-refractivity contribution >= 4 is 8.07 Å². The van der Waals surface area contributed by atoms with Crippen LogP contribution < -0.4 is 0 Å². The monoisotopic (exact) mass is 262 g/mol. The molecule has 0 spiro atoms. The molecule has 0 aromatic rings. The molecular formula is C17H30Si. The van der Waals surface area contributed by atoms with Crippen molar-refractivity contribution in [3.63, 3.8) is 0 Å². The first-order valence-corrected chi connectivity index (χ1v) is 11.5. The maximum atomic E-state index is 2.59. The molecule has 2 aliphatic carbocycles. The second-order valence-corrected chi connectivity index (χ2v) is 12.2. The summed E-state index contributed by atoms with van der Waals surface area (Å²) in [5, 5.41) is 1.91. The number of hydrogen-bond acceptors (Lipinski definition) is 0. The van der Waals surface area contributed by atoms with E-state index in [1.165, 1.54) is 64.2 Å². The third-order valence-electron chi connectivity index (χ3n) is 4.55. The van der Waals surface area contributed by atoms with E-state index >= 15 is 0 Å². The predicted octanol–water partition coefficient (Wildman–Crippen LogP) is 6.02. The Balaban J connectivity index is 2.33. The van der Waals surface area contributed by atoms with E-state index in [-0.39, 0.29) is 0 Å². The molecule has 0 amide bonds. The van der Waals surface area contributed by atoms with Crippen LogP contribution in [0, 0.1) is 0 Å². The Bertz CT molecular complexity index is 341. The van der Waals surface area contributed by atoms with Crippen LogP contribution in [-0.2, 0) is 0 Å². The standard InChI is InChI=1S/C17H30Si/c1-18(2,3)17-14-10-6-9-13-16(17)15-11-7-4-5-8-12-15/h11H,4-10,12-14H2,1-3H3. The van der Waals surface area contributed by atoms with Crippen molar-refractivity contribution in [2.24, 2.45) is 0 Å². The number of hydrogen-bond donors (Lipinski definition) is 0. The van der Waals surface area contributed by atoms with E-state index in [0.29, 0.717) is 0 Å². The highest BCUT2D eigenvalue weighted by Gasteiger charge is 2.25. The topological polar surface area (TPSA) is 0 Å². The van der Waals surface area contributed by atoms with Crippen molar-refractivity contribution in [1.82, 2.24) is 0 Å². The Morgan fingerprint density at radius 3 is 2.22 bits per heavy atom.